The minimum Gasteiger partial charge on any atom is -0.506 e. The summed E-state index contributed by atoms with van der Waals surface area (Å²) in [6, 6.07) is 5.63. The van der Waals surface area contributed by atoms with Gasteiger partial charge in [0.05, 0.1) is 5.52 Å². The van der Waals surface area contributed by atoms with Crippen molar-refractivity contribution in [1.82, 2.24) is 4.98 Å². The number of carbonyl (C=O) groups is 1. The highest BCUT2D eigenvalue weighted by molar-refractivity contribution is 6.67. The number of fused-ring (bicyclic) bond motifs is 1. The maximum atomic E-state index is 11.5. The first-order valence-corrected chi connectivity index (χ1v) is 4.52. The summed E-state index contributed by atoms with van der Waals surface area (Å²) in [5.41, 5.74) is -0.173. The van der Waals surface area contributed by atoms with Crippen LogP contribution < -0.4 is 5.43 Å². The summed E-state index contributed by atoms with van der Waals surface area (Å²) < 4.78 is 0. The van der Waals surface area contributed by atoms with Gasteiger partial charge >= 0.3 is 0 Å². The van der Waals surface area contributed by atoms with Crippen LogP contribution in [0.3, 0.4) is 0 Å². The highest BCUT2D eigenvalue weighted by atomic mass is 35.5. The van der Waals surface area contributed by atoms with Crippen molar-refractivity contribution < 1.29 is 9.90 Å². The van der Waals surface area contributed by atoms with Crippen LogP contribution in [0.2, 0.25) is 0 Å². The van der Waals surface area contributed by atoms with E-state index in [1.807, 2.05) is 0 Å². The maximum Gasteiger partial charge on any atom is 0.268 e. The van der Waals surface area contributed by atoms with Gasteiger partial charge in [-0.05, 0) is 23.7 Å². The van der Waals surface area contributed by atoms with Crippen LogP contribution in [0.25, 0.3) is 10.9 Å². The lowest BCUT2D eigenvalue weighted by atomic mass is 10.2. The summed E-state index contributed by atoms with van der Waals surface area (Å²) in [6.07, 6.45) is 0. The number of nitrogens with one attached hydrogen (secondary N) is 1. The molecular weight excluding hydrogens is 218 g/mol. The SMILES string of the molecule is O=C(Cl)c1cc(=O)c2cccc(O)c2[nH]1. The van der Waals surface area contributed by atoms with Crippen LogP contribution in [0.4, 0.5) is 0 Å². The molecule has 5 heteroatoms. The number of aromatic amines is 1. The topological polar surface area (TPSA) is 70.2 Å². The third-order valence-corrected chi connectivity index (χ3v) is 2.26. The van der Waals surface area contributed by atoms with E-state index in [2.05, 4.69) is 4.98 Å². The molecule has 0 saturated heterocycles. The molecule has 0 fully saturated rings. The minimum atomic E-state index is -0.766. The van der Waals surface area contributed by atoms with Gasteiger partial charge in [-0.1, -0.05) is 6.07 Å². The molecule has 76 valence electrons. The van der Waals surface area contributed by atoms with Gasteiger partial charge in [-0.25, -0.2) is 0 Å². The first-order valence-electron chi connectivity index (χ1n) is 4.14. The lowest BCUT2D eigenvalue weighted by Crippen LogP contribution is -2.06. The number of H-pyrrole nitrogens is 1. The number of phenolic OH excluding ortho intramolecular Hbond substituents is 1. The zero-order chi connectivity index (χ0) is 11.0. The number of para-hydroxylation sites is 1. The molecular formula is C10H6ClNO3. The van der Waals surface area contributed by atoms with Crippen LogP contribution in [0.1, 0.15) is 10.5 Å². The van der Waals surface area contributed by atoms with Crippen molar-refractivity contribution in [2.45, 2.75) is 0 Å². The van der Waals surface area contributed by atoms with E-state index in [4.69, 9.17) is 11.6 Å². The Morgan fingerprint density at radius 1 is 1.40 bits per heavy atom. The van der Waals surface area contributed by atoms with E-state index in [0.29, 0.717) is 5.39 Å². The molecule has 0 spiro atoms. The Labute approximate surface area is 89.1 Å². The molecule has 0 radical (unpaired) electrons. The normalized spacial score (nSPS) is 10.5. The number of benzene rings is 1. The number of rotatable bonds is 1. The summed E-state index contributed by atoms with van der Waals surface area (Å²) in [4.78, 5) is 25.0. The van der Waals surface area contributed by atoms with Crippen molar-refractivity contribution in [2.75, 3.05) is 0 Å². The van der Waals surface area contributed by atoms with E-state index in [1.165, 1.54) is 6.07 Å². The van der Waals surface area contributed by atoms with Gasteiger partial charge in [-0.15, -0.1) is 0 Å². The molecule has 0 atom stereocenters. The van der Waals surface area contributed by atoms with E-state index >= 15 is 0 Å². The lowest BCUT2D eigenvalue weighted by Gasteiger charge is -2.01. The van der Waals surface area contributed by atoms with E-state index in [0.717, 1.165) is 6.07 Å². The molecule has 0 saturated carbocycles. The van der Waals surface area contributed by atoms with Crippen LogP contribution in [0.5, 0.6) is 5.75 Å². The monoisotopic (exact) mass is 223 g/mol. The lowest BCUT2D eigenvalue weighted by molar-refractivity contribution is 0.107. The van der Waals surface area contributed by atoms with Crippen LogP contribution in [0.15, 0.2) is 29.1 Å². The quantitative estimate of drug-likeness (QED) is 0.722. The molecule has 2 aromatic rings. The van der Waals surface area contributed by atoms with Crippen molar-refractivity contribution in [2.24, 2.45) is 0 Å². The molecule has 1 aromatic carbocycles. The van der Waals surface area contributed by atoms with Gasteiger partial charge < -0.3 is 10.1 Å². The second-order valence-corrected chi connectivity index (χ2v) is 3.36. The standard InChI is InChI=1S/C10H6ClNO3/c11-10(15)6-4-8(14)5-2-1-3-7(13)9(5)12-6/h1-4,13H,(H,12,14). The summed E-state index contributed by atoms with van der Waals surface area (Å²) >= 11 is 5.24. The average Bonchev–Trinajstić information content (AvgIpc) is 2.19. The molecule has 1 heterocycles. The van der Waals surface area contributed by atoms with Gasteiger partial charge in [0.25, 0.3) is 5.24 Å². The van der Waals surface area contributed by atoms with E-state index in [9.17, 15) is 14.7 Å². The van der Waals surface area contributed by atoms with Gasteiger partial charge in [0.1, 0.15) is 11.4 Å². The van der Waals surface area contributed by atoms with Gasteiger partial charge in [-0.2, -0.15) is 0 Å². The van der Waals surface area contributed by atoms with Gasteiger partial charge in [0.15, 0.2) is 5.43 Å². The predicted octanol–water partition coefficient (Wildman–Crippen LogP) is 1.61. The van der Waals surface area contributed by atoms with Crippen molar-refractivity contribution in [3.63, 3.8) is 0 Å². The number of phenols is 1. The Morgan fingerprint density at radius 3 is 2.80 bits per heavy atom. The maximum absolute atomic E-state index is 11.5. The molecule has 0 aliphatic heterocycles. The first kappa shape index (κ1) is 9.73. The summed E-state index contributed by atoms with van der Waals surface area (Å²) in [7, 11) is 0. The zero-order valence-electron chi connectivity index (χ0n) is 7.45. The molecule has 0 aliphatic carbocycles. The van der Waals surface area contributed by atoms with Gasteiger partial charge in [0, 0.05) is 11.5 Å². The Hall–Kier alpha value is -1.81. The van der Waals surface area contributed by atoms with Gasteiger partial charge in [0.2, 0.25) is 0 Å². The number of aromatic nitrogens is 1. The Morgan fingerprint density at radius 2 is 2.13 bits per heavy atom. The largest absolute Gasteiger partial charge is 0.506 e. The summed E-state index contributed by atoms with van der Waals surface area (Å²) in [6.45, 7) is 0. The Kier molecular flexibility index (Phi) is 2.21. The van der Waals surface area contributed by atoms with Crippen LogP contribution in [-0.4, -0.2) is 15.3 Å². The summed E-state index contributed by atoms with van der Waals surface area (Å²) in [5.74, 6) is -0.0932. The number of halogens is 1. The Balaban J connectivity index is 2.92. The zero-order valence-corrected chi connectivity index (χ0v) is 8.21. The van der Waals surface area contributed by atoms with Crippen molar-refractivity contribution in [3.05, 3.63) is 40.2 Å². The average molecular weight is 224 g/mol. The summed E-state index contributed by atoms with van der Waals surface area (Å²) in [5, 5.41) is 9.03. The third-order valence-electron chi connectivity index (χ3n) is 2.05. The fourth-order valence-electron chi connectivity index (χ4n) is 1.36. The number of hydrogen-bond acceptors (Lipinski definition) is 3. The molecule has 2 N–H and O–H groups in total. The second-order valence-electron chi connectivity index (χ2n) is 3.02. The Bertz CT molecular complexity index is 603. The molecule has 2 rings (SSSR count). The fourth-order valence-corrected chi connectivity index (χ4v) is 1.46. The molecule has 1 aromatic heterocycles. The smallest absolute Gasteiger partial charge is 0.268 e. The van der Waals surface area contributed by atoms with Crippen molar-refractivity contribution >= 4 is 27.7 Å². The fraction of sp³-hybridized carbons (Fsp3) is 0. The van der Waals surface area contributed by atoms with Crippen molar-refractivity contribution in [1.29, 1.82) is 0 Å². The minimum absolute atomic E-state index is 0.0318. The van der Waals surface area contributed by atoms with E-state index in [1.54, 1.807) is 12.1 Å². The van der Waals surface area contributed by atoms with Crippen molar-refractivity contribution in [3.8, 4) is 5.75 Å². The van der Waals surface area contributed by atoms with E-state index in [-0.39, 0.29) is 22.4 Å². The van der Waals surface area contributed by atoms with E-state index < -0.39 is 5.24 Å². The highest BCUT2D eigenvalue weighted by Gasteiger charge is 2.08. The molecule has 0 amide bonds. The number of hydrogen-bond donors (Lipinski definition) is 2. The highest BCUT2D eigenvalue weighted by Crippen LogP contribution is 2.19. The molecule has 4 nitrogen and oxygen atoms in total. The number of pyridine rings is 1. The van der Waals surface area contributed by atoms with Crippen LogP contribution in [0, 0.1) is 0 Å². The molecule has 0 bridgehead atoms. The molecule has 15 heavy (non-hydrogen) atoms. The second kappa shape index (κ2) is 3.40. The van der Waals surface area contributed by atoms with Gasteiger partial charge in [-0.3, -0.25) is 9.59 Å². The number of carbonyl (C=O) groups excluding carboxylic acids is 1. The van der Waals surface area contributed by atoms with Crippen LogP contribution in [-0.2, 0) is 0 Å². The number of aromatic hydroxyl groups is 1. The third kappa shape index (κ3) is 1.59. The predicted molar refractivity (Wildman–Crippen MR) is 56.4 cm³/mol. The van der Waals surface area contributed by atoms with Crippen LogP contribution >= 0.6 is 11.6 Å². The molecule has 0 unspecified atom stereocenters. The first-order chi connectivity index (χ1) is 7.09. The molecule has 0 aliphatic rings.